The first kappa shape index (κ1) is 10.8. The molecule has 84 valence electrons. The van der Waals surface area contributed by atoms with Crippen molar-refractivity contribution in [3.8, 4) is 0 Å². The molecule has 15 heavy (non-hydrogen) atoms. The molecule has 1 amide bonds. The van der Waals surface area contributed by atoms with Crippen LogP contribution in [0, 0.1) is 0 Å². The fraction of sp³-hybridized carbons (Fsp3) is 0.800. The van der Waals surface area contributed by atoms with Crippen molar-refractivity contribution in [1.29, 1.82) is 0 Å². The van der Waals surface area contributed by atoms with Gasteiger partial charge in [-0.2, -0.15) is 0 Å². The maximum absolute atomic E-state index is 11.0. The van der Waals surface area contributed by atoms with Gasteiger partial charge >= 0.3 is 0 Å². The molecule has 0 bridgehead atoms. The topological polar surface area (TPSA) is 53.5 Å². The molecule has 2 rings (SSSR count). The van der Waals surface area contributed by atoms with E-state index in [1.807, 2.05) is 0 Å². The smallest absolute Gasteiger partial charge is 0.220 e. The number of nitrogens with zero attached hydrogens (tertiary/aromatic N) is 1. The predicted octanol–water partition coefficient (Wildman–Crippen LogP) is 0.736. The number of amides is 1. The molecule has 0 aromatic rings. The van der Waals surface area contributed by atoms with Gasteiger partial charge in [-0.3, -0.25) is 9.79 Å². The largest absolute Gasteiger partial charge is 0.359 e. The van der Waals surface area contributed by atoms with Crippen LogP contribution in [0.4, 0.5) is 0 Å². The highest BCUT2D eigenvalue weighted by Crippen LogP contribution is 2.23. The maximum atomic E-state index is 11.0. The van der Waals surface area contributed by atoms with Crippen LogP contribution in [0.25, 0.3) is 0 Å². The molecule has 0 radical (unpaired) electrons. The van der Waals surface area contributed by atoms with Crippen LogP contribution in [0.5, 0.6) is 0 Å². The zero-order valence-corrected chi connectivity index (χ0v) is 9.99. The maximum Gasteiger partial charge on any atom is 0.220 e. The number of piperidine rings is 1. The molecular formula is C10H17N3OS. The van der Waals surface area contributed by atoms with Crippen molar-refractivity contribution in [3.05, 3.63) is 0 Å². The van der Waals surface area contributed by atoms with E-state index >= 15 is 0 Å². The summed E-state index contributed by atoms with van der Waals surface area (Å²) in [6, 6.07) is 0.256. The van der Waals surface area contributed by atoms with Gasteiger partial charge in [-0.1, -0.05) is 11.8 Å². The van der Waals surface area contributed by atoms with Gasteiger partial charge in [-0.05, 0) is 20.3 Å². The van der Waals surface area contributed by atoms with Crippen molar-refractivity contribution in [1.82, 2.24) is 10.6 Å². The van der Waals surface area contributed by atoms with Crippen LogP contribution < -0.4 is 10.6 Å². The lowest BCUT2D eigenvalue weighted by atomic mass is 10.1. The van der Waals surface area contributed by atoms with E-state index < -0.39 is 0 Å². The summed E-state index contributed by atoms with van der Waals surface area (Å²) in [5.74, 6) is 1.21. The average molecular weight is 227 g/mol. The number of carbonyl (C=O) groups is 1. The molecular weight excluding hydrogens is 210 g/mol. The van der Waals surface area contributed by atoms with Crippen molar-refractivity contribution >= 4 is 22.8 Å². The third-order valence-corrected chi connectivity index (χ3v) is 3.90. The van der Waals surface area contributed by atoms with E-state index in [-0.39, 0.29) is 17.5 Å². The minimum Gasteiger partial charge on any atom is -0.359 e. The minimum absolute atomic E-state index is 0.152. The van der Waals surface area contributed by atoms with E-state index in [2.05, 4.69) is 29.5 Å². The molecule has 2 aliphatic heterocycles. The van der Waals surface area contributed by atoms with Gasteiger partial charge < -0.3 is 10.6 Å². The van der Waals surface area contributed by atoms with E-state index in [4.69, 9.17) is 0 Å². The van der Waals surface area contributed by atoms with Crippen LogP contribution in [0.2, 0.25) is 0 Å². The SMILES string of the molecule is CC1(C)CSC(=NC2CCC(=O)NC2)N1. The number of carbonyl (C=O) groups excluding carboxylic acids is 1. The zero-order chi connectivity index (χ0) is 10.9. The normalized spacial score (nSPS) is 32.5. The summed E-state index contributed by atoms with van der Waals surface area (Å²) in [7, 11) is 0. The molecule has 5 heteroatoms. The Morgan fingerprint density at radius 3 is 2.87 bits per heavy atom. The zero-order valence-electron chi connectivity index (χ0n) is 9.17. The second-order valence-electron chi connectivity index (χ2n) is 4.73. The van der Waals surface area contributed by atoms with E-state index in [1.54, 1.807) is 11.8 Å². The lowest BCUT2D eigenvalue weighted by Crippen LogP contribution is -2.40. The molecule has 0 saturated carbocycles. The van der Waals surface area contributed by atoms with Gasteiger partial charge in [0.05, 0.1) is 6.04 Å². The summed E-state index contributed by atoms with van der Waals surface area (Å²) < 4.78 is 0. The summed E-state index contributed by atoms with van der Waals surface area (Å²) in [5.41, 5.74) is 0.154. The Bertz CT molecular complexity index is 291. The molecule has 2 saturated heterocycles. The first-order valence-electron chi connectivity index (χ1n) is 5.31. The molecule has 2 heterocycles. The summed E-state index contributed by atoms with van der Waals surface area (Å²) in [6.45, 7) is 5.03. The van der Waals surface area contributed by atoms with Crippen LogP contribution in [0.15, 0.2) is 4.99 Å². The Morgan fingerprint density at radius 2 is 2.33 bits per heavy atom. The molecule has 0 aromatic carbocycles. The average Bonchev–Trinajstić information content (AvgIpc) is 2.50. The molecule has 2 N–H and O–H groups in total. The van der Waals surface area contributed by atoms with Crippen LogP contribution in [-0.2, 0) is 4.79 Å². The first-order chi connectivity index (χ1) is 7.05. The van der Waals surface area contributed by atoms with Crippen LogP contribution in [0.1, 0.15) is 26.7 Å². The van der Waals surface area contributed by atoms with Gasteiger partial charge in [0.2, 0.25) is 5.91 Å². The highest BCUT2D eigenvalue weighted by molar-refractivity contribution is 8.14. The minimum atomic E-state index is 0.152. The standard InChI is InChI=1S/C10H17N3OS/c1-10(2)6-15-9(13-10)12-7-3-4-8(14)11-5-7/h7H,3-6H2,1-2H3,(H,11,14)(H,12,13). The number of aliphatic imine (C=N–C) groups is 1. The van der Waals surface area contributed by atoms with Gasteiger partial charge in [0.15, 0.2) is 5.17 Å². The summed E-state index contributed by atoms with van der Waals surface area (Å²) in [6.07, 6.45) is 1.48. The van der Waals surface area contributed by atoms with Gasteiger partial charge in [-0.25, -0.2) is 0 Å². The number of thioether (sulfide) groups is 1. The van der Waals surface area contributed by atoms with Gasteiger partial charge in [-0.15, -0.1) is 0 Å². The Labute approximate surface area is 94.3 Å². The van der Waals surface area contributed by atoms with E-state index in [0.717, 1.165) is 17.3 Å². The quantitative estimate of drug-likeness (QED) is 0.694. The highest BCUT2D eigenvalue weighted by Gasteiger charge is 2.28. The van der Waals surface area contributed by atoms with Crippen LogP contribution in [0.3, 0.4) is 0 Å². The summed E-state index contributed by atoms with van der Waals surface area (Å²) in [4.78, 5) is 15.6. The van der Waals surface area contributed by atoms with E-state index in [9.17, 15) is 4.79 Å². The third kappa shape index (κ3) is 2.87. The number of hydrogen-bond acceptors (Lipinski definition) is 3. The number of rotatable bonds is 1. The summed E-state index contributed by atoms with van der Waals surface area (Å²) >= 11 is 1.77. The Hall–Kier alpha value is -0.710. The summed E-state index contributed by atoms with van der Waals surface area (Å²) in [5, 5.41) is 7.26. The van der Waals surface area contributed by atoms with Gasteiger partial charge in [0.25, 0.3) is 0 Å². The number of hydrogen-bond donors (Lipinski definition) is 2. The van der Waals surface area contributed by atoms with Crippen molar-refractivity contribution in [3.63, 3.8) is 0 Å². The first-order valence-corrected chi connectivity index (χ1v) is 6.29. The highest BCUT2D eigenvalue weighted by atomic mass is 32.2. The van der Waals surface area contributed by atoms with Crippen molar-refractivity contribution in [2.45, 2.75) is 38.3 Å². The molecule has 0 aliphatic carbocycles. The Kier molecular flexibility index (Phi) is 2.91. The van der Waals surface area contributed by atoms with Crippen molar-refractivity contribution < 1.29 is 4.79 Å². The fourth-order valence-electron chi connectivity index (χ4n) is 1.68. The monoisotopic (exact) mass is 227 g/mol. The number of amidine groups is 1. The fourth-order valence-corrected chi connectivity index (χ4v) is 2.82. The second-order valence-corrected chi connectivity index (χ2v) is 5.69. The molecule has 0 aromatic heterocycles. The van der Waals surface area contributed by atoms with E-state index in [1.165, 1.54) is 0 Å². The lowest BCUT2D eigenvalue weighted by molar-refractivity contribution is -0.122. The lowest BCUT2D eigenvalue weighted by Gasteiger charge is -2.20. The van der Waals surface area contributed by atoms with Crippen molar-refractivity contribution in [2.75, 3.05) is 12.3 Å². The third-order valence-electron chi connectivity index (χ3n) is 2.55. The molecule has 2 fully saturated rings. The predicted molar refractivity (Wildman–Crippen MR) is 63.1 cm³/mol. The van der Waals surface area contributed by atoms with E-state index in [0.29, 0.717) is 13.0 Å². The molecule has 2 aliphatic rings. The van der Waals surface area contributed by atoms with Crippen molar-refractivity contribution in [2.24, 2.45) is 4.99 Å². The van der Waals surface area contributed by atoms with Gasteiger partial charge in [0.1, 0.15) is 0 Å². The number of nitrogens with one attached hydrogen (secondary N) is 2. The van der Waals surface area contributed by atoms with Crippen LogP contribution in [-0.4, -0.2) is 35.0 Å². The molecule has 1 atom stereocenters. The second kappa shape index (κ2) is 4.04. The Morgan fingerprint density at radius 1 is 1.53 bits per heavy atom. The van der Waals surface area contributed by atoms with Gasteiger partial charge in [0, 0.05) is 24.3 Å². The molecule has 0 spiro atoms. The molecule has 4 nitrogen and oxygen atoms in total. The Balaban J connectivity index is 1.91. The van der Waals surface area contributed by atoms with Crippen LogP contribution >= 0.6 is 11.8 Å². The molecule has 1 unspecified atom stereocenters.